The van der Waals surface area contributed by atoms with Crippen LogP contribution >= 0.6 is 0 Å². The van der Waals surface area contributed by atoms with Crippen LogP contribution in [0.15, 0.2) is 35.5 Å². The first-order chi connectivity index (χ1) is 15.9. The zero-order chi connectivity index (χ0) is 23.5. The third-order valence-electron chi connectivity index (χ3n) is 7.11. The topological polar surface area (TPSA) is 70.9 Å². The van der Waals surface area contributed by atoms with E-state index in [-0.39, 0.29) is 35.2 Å². The van der Waals surface area contributed by atoms with Gasteiger partial charge in [-0.05, 0) is 51.2 Å². The Morgan fingerprint density at radius 1 is 1.12 bits per heavy atom. The minimum atomic E-state index is -0.365. The first kappa shape index (κ1) is 23.2. The minimum absolute atomic E-state index is 0.116. The molecule has 1 saturated carbocycles. The first-order valence-corrected chi connectivity index (χ1v) is 11.8. The normalized spacial score (nSPS) is 23.6. The number of piperazine rings is 1. The second kappa shape index (κ2) is 9.92. The molecule has 176 valence electrons. The number of amides is 2. The van der Waals surface area contributed by atoms with Crippen LogP contribution in [0.4, 0.5) is 4.39 Å². The van der Waals surface area contributed by atoms with E-state index >= 15 is 0 Å². The predicted octanol–water partition coefficient (Wildman–Crippen LogP) is 2.32. The fourth-order valence-corrected chi connectivity index (χ4v) is 5.39. The number of nitrogens with zero attached hydrogens (tertiary/aromatic N) is 5. The van der Waals surface area contributed by atoms with Crippen molar-refractivity contribution in [2.45, 2.75) is 31.7 Å². The summed E-state index contributed by atoms with van der Waals surface area (Å²) in [6.07, 6.45) is 4.14. The molecule has 0 radical (unpaired) electrons. The van der Waals surface area contributed by atoms with Crippen molar-refractivity contribution in [2.24, 2.45) is 5.92 Å². The Bertz CT molecular complexity index is 960. The van der Waals surface area contributed by atoms with Crippen molar-refractivity contribution < 1.29 is 14.0 Å². The van der Waals surface area contributed by atoms with Gasteiger partial charge in [0, 0.05) is 62.5 Å². The molecule has 2 amide bonds. The maximum atomic E-state index is 13.4. The molecule has 2 aliphatic heterocycles. The molecule has 0 bridgehead atoms. The lowest BCUT2D eigenvalue weighted by atomic mass is 9.76. The summed E-state index contributed by atoms with van der Waals surface area (Å²) in [5, 5.41) is 9.97. The molecule has 33 heavy (non-hydrogen) atoms. The van der Waals surface area contributed by atoms with Crippen molar-refractivity contribution >= 4 is 11.8 Å². The van der Waals surface area contributed by atoms with Crippen LogP contribution < -0.4 is 0 Å². The summed E-state index contributed by atoms with van der Waals surface area (Å²) < 4.78 is 13.2. The highest BCUT2D eigenvalue weighted by Gasteiger charge is 2.44. The zero-order valence-electron chi connectivity index (χ0n) is 19.5. The van der Waals surface area contributed by atoms with Crippen LogP contribution in [0.1, 0.15) is 36.0 Å². The number of rotatable bonds is 5. The molecule has 0 spiro atoms. The van der Waals surface area contributed by atoms with Crippen LogP contribution in [-0.2, 0) is 4.79 Å². The van der Waals surface area contributed by atoms with Gasteiger partial charge >= 0.3 is 0 Å². The van der Waals surface area contributed by atoms with Crippen LogP contribution in [0, 0.1) is 23.1 Å². The average molecular weight is 454 g/mol. The minimum Gasteiger partial charge on any atom is -0.370 e. The van der Waals surface area contributed by atoms with Crippen LogP contribution in [-0.4, -0.2) is 90.8 Å². The number of carbonyl (C=O) groups is 2. The molecule has 1 aromatic carbocycles. The molecule has 7 nitrogen and oxygen atoms in total. The first-order valence-electron chi connectivity index (χ1n) is 11.8. The largest absolute Gasteiger partial charge is 0.370 e. The van der Waals surface area contributed by atoms with Crippen LogP contribution in [0.25, 0.3) is 0 Å². The van der Waals surface area contributed by atoms with E-state index < -0.39 is 0 Å². The maximum Gasteiger partial charge on any atom is 0.266 e. The van der Waals surface area contributed by atoms with Crippen LogP contribution in [0.3, 0.4) is 0 Å². The highest BCUT2D eigenvalue weighted by atomic mass is 19.1. The standard InChI is InChI=1S/C25H32FN5O2/c1-28(2)11-16-31-22-6-4-3-5-20(22)23(21(17-27)25(31)33)29-12-14-30(15-13-29)24(32)18-7-9-19(26)10-8-18/h7-10,20,22H,3-6,11-16H2,1-2H3. The van der Waals surface area contributed by atoms with Crippen molar-refractivity contribution in [1.82, 2.24) is 19.6 Å². The second-order valence-corrected chi connectivity index (χ2v) is 9.42. The lowest BCUT2D eigenvalue weighted by Crippen LogP contribution is -2.57. The van der Waals surface area contributed by atoms with Crippen molar-refractivity contribution in [2.75, 3.05) is 53.4 Å². The van der Waals surface area contributed by atoms with Gasteiger partial charge in [-0.15, -0.1) is 0 Å². The molecular weight excluding hydrogens is 421 g/mol. The molecule has 1 aromatic rings. The Morgan fingerprint density at radius 2 is 1.79 bits per heavy atom. The Kier molecular flexibility index (Phi) is 6.99. The van der Waals surface area contributed by atoms with E-state index in [1.165, 1.54) is 24.3 Å². The van der Waals surface area contributed by atoms with Gasteiger partial charge in [-0.2, -0.15) is 5.26 Å². The second-order valence-electron chi connectivity index (χ2n) is 9.42. The van der Waals surface area contributed by atoms with E-state index in [0.717, 1.165) is 37.9 Å². The molecule has 1 aliphatic carbocycles. The van der Waals surface area contributed by atoms with Gasteiger partial charge in [-0.3, -0.25) is 9.59 Å². The Morgan fingerprint density at radius 3 is 2.42 bits per heavy atom. The number of hydrogen-bond donors (Lipinski definition) is 0. The predicted molar refractivity (Wildman–Crippen MR) is 123 cm³/mol. The van der Waals surface area contributed by atoms with E-state index in [1.54, 1.807) is 4.90 Å². The van der Waals surface area contributed by atoms with Gasteiger partial charge in [0.25, 0.3) is 11.8 Å². The van der Waals surface area contributed by atoms with Crippen molar-refractivity contribution in [3.05, 3.63) is 46.9 Å². The monoisotopic (exact) mass is 453 g/mol. The van der Waals surface area contributed by atoms with E-state index in [0.29, 0.717) is 38.3 Å². The zero-order valence-corrected chi connectivity index (χ0v) is 19.5. The summed E-state index contributed by atoms with van der Waals surface area (Å²) in [6, 6.07) is 7.98. The van der Waals surface area contributed by atoms with E-state index in [9.17, 15) is 19.2 Å². The highest BCUT2D eigenvalue weighted by molar-refractivity contribution is 5.99. The highest BCUT2D eigenvalue weighted by Crippen LogP contribution is 2.41. The summed E-state index contributed by atoms with van der Waals surface area (Å²) >= 11 is 0. The molecule has 4 rings (SSSR count). The molecule has 2 atom stereocenters. The van der Waals surface area contributed by atoms with E-state index in [1.807, 2.05) is 19.0 Å². The molecule has 2 fully saturated rings. The third kappa shape index (κ3) is 4.74. The fraction of sp³-hybridized carbons (Fsp3) is 0.560. The Hall–Kier alpha value is -2.92. The van der Waals surface area contributed by atoms with Gasteiger partial charge in [-0.25, -0.2) is 4.39 Å². The summed E-state index contributed by atoms with van der Waals surface area (Å²) in [5.74, 6) is -0.458. The average Bonchev–Trinajstić information content (AvgIpc) is 2.83. The van der Waals surface area contributed by atoms with E-state index in [4.69, 9.17) is 0 Å². The number of fused-ring (bicyclic) bond motifs is 1. The third-order valence-corrected chi connectivity index (χ3v) is 7.11. The van der Waals surface area contributed by atoms with E-state index in [2.05, 4.69) is 15.9 Å². The molecule has 8 heteroatoms. The molecule has 1 saturated heterocycles. The fourth-order valence-electron chi connectivity index (χ4n) is 5.39. The number of carbonyl (C=O) groups excluding carboxylic acids is 2. The lowest BCUT2D eigenvalue weighted by Gasteiger charge is -2.49. The lowest BCUT2D eigenvalue weighted by molar-refractivity contribution is -0.133. The molecule has 0 N–H and O–H groups in total. The number of benzene rings is 1. The van der Waals surface area contributed by atoms with Crippen molar-refractivity contribution in [3.63, 3.8) is 0 Å². The van der Waals surface area contributed by atoms with Gasteiger partial charge in [0.2, 0.25) is 0 Å². The summed E-state index contributed by atoms with van der Waals surface area (Å²) in [7, 11) is 3.98. The molecule has 3 aliphatic rings. The van der Waals surface area contributed by atoms with Gasteiger partial charge in [-0.1, -0.05) is 12.8 Å². The van der Waals surface area contributed by atoms with Crippen molar-refractivity contribution in [3.8, 4) is 6.07 Å². The van der Waals surface area contributed by atoms with Gasteiger partial charge < -0.3 is 19.6 Å². The quantitative estimate of drug-likeness (QED) is 0.684. The smallest absolute Gasteiger partial charge is 0.266 e. The van der Waals surface area contributed by atoms with Crippen LogP contribution in [0.2, 0.25) is 0 Å². The van der Waals surface area contributed by atoms with Gasteiger partial charge in [0.05, 0.1) is 0 Å². The SMILES string of the molecule is CN(C)CCN1C(=O)C(C#N)=C(N2CCN(C(=O)c3ccc(F)cc3)CC2)C2CCCCC21. The molecule has 2 unspecified atom stereocenters. The number of hydrogen-bond acceptors (Lipinski definition) is 5. The Balaban J connectivity index is 1.53. The number of halogens is 1. The summed E-state index contributed by atoms with van der Waals surface area (Å²) in [4.78, 5) is 34.1. The molecule has 0 aromatic heterocycles. The molecular formula is C25H32FN5O2. The Labute approximate surface area is 195 Å². The van der Waals surface area contributed by atoms with Gasteiger partial charge in [0.15, 0.2) is 0 Å². The summed E-state index contributed by atoms with van der Waals surface area (Å²) in [6.45, 7) is 3.59. The maximum absolute atomic E-state index is 13.4. The van der Waals surface area contributed by atoms with Gasteiger partial charge in [0.1, 0.15) is 17.5 Å². The molecule has 2 heterocycles. The number of nitriles is 1. The van der Waals surface area contributed by atoms with Crippen LogP contribution in [0.5, 0.6) is 0 Å². The number of likely N-dealkylation sites (N-methyl/N-ethyl adjacent to an activating group) is 1. The van der Waals surface area contributed by atoms with Crippen molar-refractivity contribution in [1.29, 1.82) is 5.26 Å². The summed E-state index contributed by atoms with van der Waals surface area (Å²) in [5.41, 5.74) is 1.64.